The molecule has 0 amide bonds. The molecule has 0 aromatic heterocycles. The lowest BCUT2D eigenvalue weighted by Gasteiger charge is -2.58. The standard InChI is InChI=1S/C31H12Br9F3O11S.C21H18Br3F5O7S.C15H12Br3F5O4.C13H10Br3F3O7S/c32-10-1-14(35)23(15(36)2-10)27(44)51-13-7-20(52-28(45)24-16(37)3-11(33)4-17(24)38)26(30(47)54-22(31(41,42)43)9-55(48,49)50)21(8-13)53-29(46)25-18(39)5-12(34)6-19(25)40;22-11-3-12(23)15(13(24)4-11)17(31)36-19-5-8-1-9(6-19)14(10(2-8)7-19)16(30)35-18(20(25,26)27)21(28,29)37(32,33)34;1-14(19,20)13(15(21,22)23)27-10(24)3-2-4-26-12(25)11-8(17)5-7(16)6-9(11)18;14-6-3-7(15)11(8(16)4-6)12(21)25-2-1-10(20)26-9(13(17,18)19)5-27(22,23)24/h1-8,22H,9H2,(H,48,49,50);3-4,8-10,14,18H,1-2,5-7H2,(H,32,33,34);5-6,13H,2-4H2,1H3;3-4,9H,1-2,5H2,(H,22,23,24)/p-3. The summed E-state index contributed by atoms with van der Waals surface area (Å²) >= 11 is 58.0. The smallest absolute Gasteiger partial charge is 0.432 e. The molecule has 7 aromatic rings. The van der Waals surface area contributed by atoms with Crippen LogP contribution >= 0.6 is 287 Å². The first kappa shape index (κ1) is 129. The quantitative estimate of drug-likeness (QED) is 0.0101. The number of alkyl halides is 16. The van der Waals surface area contributed by atoms with E-state index in [0.29, 0.717) is 72.9 Å². The molecule has 146 heavy (non-hydrogen) atoms. The van der Waals surface area contributed by atoms with Gasteiger partial charge in [0.05, 0.1) is 84.1 Å². The van der Waals surface area contributed by atoms with E-state index in [9.17, 15) is 157 Å². The molecule has 0 aliphatic heterocycles. The number of rotatable bonds is 30. The van der Waals surface area contributed by atoms with Crippen LogP contribution in [0.2, 0.25) is 0 Å². The van der Waals surface area contributed by atoms with Crippen LogP contribution in [0, 0.1) is 23.7 Å². The Hall–Kier alpha value is -3.51. The van der Waals surface area contributed by atoms with Gasteiger partial charge in [-0.1, -0.05) is 95.6 Å². The number of ether oxygens (including phenoxy) is 10. The Morgan fingerprint density at radius 3 is 0.966 bits per heavy atom. The average molecular weight is 3310 g/mol. The molecule has 4 bridgehead atoms. The number of benzene rings is 7. The van der Waals surface area contributed by atoms with Crippen LogP contribution in [0.15, 0.2) is 165 Å². The highest BCUT2D eigenvalue weighted by molar-refractivity contribution is 9.14. The van der Waals surface area contributed by atoms with Crippen LogP contribution in [0.25, 0.3) is 0 Å². The summed E-state index contributed by atoms with van der Waals surface area (Å²) in [6, 6.07) is 19.8. The summed E-state index contributed by atoms with van der Waals surface area (Å²) in [5, 5.41) is -5.91. The molecule has 11 rings (SSSR count). The molecule has 29 nitrogen and oxygen atoms in total. The second kappa shape index (κ2) is 52.6. The van der Waals surface area contributed by atoms with Gasteiger partial charge in [0, 0.05) is 106 Å². The van der Waals surface area contributed by atoms with E-state index in [4.69, 9.17) is 28.4 Å². The maximum Gasteiger partial charge on any atom is 0.432 e. The number of esters is 10. The van der Waals surface area contributed by atoms with E-state index >= 15 is 0 Å². The first-order valence-electron chi connectivity index (χ1n) is 38.6. The molecule has 6 atom stereocenters. The zero-order chi connectivity index (χ0) is 111. The van der Waals surface area contributed by atoms with Crippen molar-refractivity contribution in [2.75, 3.05) is 24.7 Å². The first-order chi connectivity index (χ1) is 66.6. The van der Waals surface area contributed by atoms with E-state index in [1.807, 2.05) is 0 Å². The fourth-order valence-electron chi connectivity index (χ4n) is 13.8. The maximum absolute atomic E-state index is 13.9. The van der Waals surface area contributed by atoms with Crippen molar-refractivity contribution in [3.8, 4) is 17.2 Å². The molecule has 0 N–H and O–H groups in total. The Morgan fingerprint density at radius 1 is 0.356 bits per heavy atom. The molecule has 0 saturated heterocycles. The van der Waals surface area contributed by atoms with Crippen molar-refractivity contribution < 1.29 is 204 Å². The predicted octanol–water partition coefficient (Wildman–Crippen LogP) is 27.4. The summed E-state index contributed by atoms with van der Waals surface area (Å²) in [5.41, 5.74) is -2.27. The first-order valence-corrected chi connectivity index (χ1v) is 57.4. The summed E-state index contributed by atoms with van der Waals surface area (Å²) in [6.45, 7) is -0.933. The van der Waals surface area contributed by atoms with Crippen LogP contribution in [0.3, 0.4) is 0 Å². The van der Waals surface area contributed by atoms with Crippen molar-refractivity contribution in [1.29, 1.82) is 0 Å². The molecule has 4 saturated carbocycles. The highest BCUT2D eigenvalue weighted by atomic mass is 79.9. The molecule has 0 heterocycles. The third-order valence-corrected chi connectivity index (χ3v) is 31.9. The molecule has 4 fully saturated rings. The van der Waals surface area contributed by atoms with E-state index in [1.54, 1.807) is 36.4 Å². The minimum atomic E-state index is -6.79. The van der Waals surface area contributed by atoms with Crippen molar-refractivity contribution >= 4 is 377 Å². The van der Waals surface area contributed by atoms with Gasteiger partial charge in [0.2, 0.25) is 12.2 Å². The lowest BCUT2D eigenvalue weighted by atomic mass is 9.50. The van der Waals surface area contributed by atoms with Gasteiger partial charge in [0.15, 0.2) is 21.6 Å². The van der Waals surface area contributed by atoms with Crippen molar-refractivity contribution in [2.45, 2.75) is 124 Å². The number of hydrogen-bond acceptors (Lipinski definition) is 29. The summed E-state index contributed by atoms with van der Waals surface area (Å²) in [6.07, 6.45) is -37.1. The third-order valence-electron chi connectivity index (χ3n) is 19.4. The zero-order valence-electron chi connectivity index (χ0n) is 70.6. The molecule has 7 aromatic carbocycles. The van der Waals surface area contributed by atoms with Crippen LogP contribution in [-0.2, 0) is 77.9 Å². The van der Waals surface area contributed by atoms with Crippen LogP contribution in [0.5, 0.6) is 17.2 Å². The highest BCUT2D eigenvalue weighted by Gasteiger charge is 2.66. The Morgan fingerprint density at radius 2 is 0.658 bits per heavy atom. The Kier molecular flexibility index (Phi) is 46.6. The number of halogens is 34. The van der Waals surface area contributed by atoms with Crippen LogP contribution in [0.4, 0.5) is 70.2 Å². The zero-order valence-corrected chi connectivity index (χ0v) is 102. The normalized spacial score (nSPS) is 17.1. The molecule has 4 aliphatic rings. The SMILES string of the molecule is CC(F)(F)C(OC(=O)CCCOC(=O)c1c(Br)cc(Br)cc1Br)C(F)(F)F.O=C(CCOC(=O)c1c(Br)cc(Br)cc1Br)OC(CS(=O)(=O)[O-])C(F)(F)F.O=C(OC12CC3CC(C1)C(C(=O)OC(C(F)(F)F)C(F)(F)S(=O)(=O)[O-])C(C3)C2)c1c(Br)cc(Br)cc1Br.O=C(Oc1cc(OC(=O)c2c(Br)cc(Br)cc2Br)c(C(=O)OC(CS(=O)(=O)[O-])C(F)(F)F)c(OC(=O)c2c(Br)cc(Br)cc2Br)c1)c1c(Br)cc(Br)cc1Br. The van der Waals surface area contributed by atoms with Crippen molar-refractivity contribution in [3.05, 3.63) is 204 Å². The molecule has 4 aliphatic carbocycles. The summed E-state index contributed by atoms with van der Waals surface area (Å²) in [5.74, 6) is -26.2. The molecular formula is C80H49Br18F16O29S3-3. The summed E-state index contributed by atoms with van der Waals surface area (Å²) in [4.78, 5) is 127. The number of carbonyl (C=O) groups excluding carboxylic acids is 10. The second-order valence-electron chi connectivity index (χ2n) is 30.3. The van der Waals surface area contributed by atoms with E-state index in [0.717, 1.165) is 12.1 Å². The Labute approximate surface area is 964 Å². The van der Waals surface area contributed by atoms with E-state index in [-0.39, 0.29) is 98.9 Å². The van der Waals surface area contributed by atoms with E-state index < -0.39 is 227 Å². The van der Waals surface area contributed by atoms with E-state index in [2.05, 4.69) is 306 Å². The Bertz CT molecular complexity index is 6350. The molecule has 66 heteroatoms. The summed E-state index contributed by atoms with van der Waals surface area (Å²) in [7, 11) is -17.7. The topological polar surface area (TPSA) is 435 Å². The van der Waals surface area contributed by atoms with Gasteiger partial charge in [-0.2, -0.15) is 61.5 Å². The van der Waals surface area contributed by atoms with Crippen LogP contribution < -0.4 is 14.2 Å². The van der Waals surface area contributed by atoms with Gasteiger partial charge in [-0.05, 0) is 320 Å². The minimum Gasteiger partial charge on any atom is -0.748 e. The number of carbonyl (C=O) groups is 10. The van der Waals surface area contributed by atoms with Crippen LogP contribution in [0.1, 0.15) is 131 Å². The van der Waals surface area contributed by atoms with E-state index in [1.165, 1.54) is 36.4 Å². The summed E-state index contributed by atoms with van der Waals surface area (Å²) < 4.78 is 364. The predicted molar refractivity (Wildman–Crippen MR) is 536 cm³/mol. The monoisotopic (exact) mass is 3290 g/mol. The van der Waals surface area contributed by atoms with Gasteiger partial charge in [0.1, 0.15) is 23.5 Å². The molecule has 802 valence electrons. The molecular weight excluding hydrogens is 3260 g/mol. The van der Waals surface area contributed by atoms with Gasteiger partial charge in [-0.25, -0.2) is 67.6 Å². The molecule has 0 spiro atoms. The lowest BCUT2D eigenvalue weighted by molar-refractivity contribution is -0.273. The lowest BCUT2D eigenvalue weighted by Crippen LogP contribution is -2.59. The molecule has 0 radical (unpaired) electrons. The van der Waals surface area contributed by atoms with Crippen LogP contribution in [-0.4, -0.2) is 189 Å². The van der Waals surface area contributed by atoms with Gasteiger partial charge >= 0.3 is 89.7 Å². The Balaban J connectivity index is 0.000000277. The van der Waals surface area contributed by atoms with Crippen molar-refractivity contribution in [1.82, 2.24) is 0 Å². The fourth-order valence-corrected chi connectivity index (χ4v) is 31.0. The number of hydrogen-bond donors (Lipinski definition) is 0. The van der Waals surface area contributed by atoms with Crippen molar-refractivity contribution in [3.63, 3.8) is 0 Å². The maximum atomic E-state index is 13.9. The van der Waals surface area contributed by atoms with Gasteiger partial charge in [-0.3, -0.25) is 14.4 Å². The van der Waals surface area contributed by atoms with Gasteiger partial charge < -0.3 is 61.0 Å². The largest absolute Gasteiger partial charge is 0.748 e. The molecule has 6 unspecified atom stereocenters. The van der Waals surface area contributed by atoms with Gasteiger partial charge in [0.25, 0.3) is 18.1 Å². The van der Waals surface area contributed by atoms with Gasteiger partial charge in [-0.15, -0.1) is 0 Å². The second-order valence-corrected chi connectivity index (χ2v) is 50.4. The minimum absolute atomic E-state index is 0.00808. The fraction of sp³-hybridized carbons (Fsp3) is 0.350. The third kappa shape index (κ3) is 36.8. The average Bonchev–Trinajstić information content (AvgIpc) is 0.720. The van der Waals surface area contributed by atoms with Crippen molar-refractivity contribution in [2.24, 2.45) is 23.7 Å². The highest BCUT2D eigenvalue weighted by Crippen LogP contribution is 2.61.